The van der Waals surface area contributed by atoms with Crippen LogP contribution in [0, 0.1) is 0 Å². The Hall–Kier alpha value is -4.31. The predicted molar refractivity (Wildman–Crippen MR) is 122 cm³/mol. The number of para-hydroxylation sites is 2. The molecule has 1 fully saturated rings. The van der Waals surface area contributed by atoms with Gasteiger partial charge < -0.3 is 14.2 Å². The molecule has 3 aromatic carbocycles. The van der Waals surface area contributed by atoms with E-state index < -0.39 is 18.1 Å². The van der Waals surface area contributed by atoms with Gasteiger partial charge in [0.2, 0.25) is 0 Å². The predicted octanol–water partition coefficient (Wildman–Crippen LogP) is 4.63. The number of hydrogen-bond donors (Lipinski definition) is 1. The average Bonchev–Trinajstić information content (AvgIpc) is 3.13. The minimum atomic E-state index is -3.84. The number of rotatable bonds is 4. The third-order valence-corrected chi connectivity index (χ3v) is 5.22. The van der Waals surface area contributed by atoms with Gasteiger partial charge in [0, 0.05) is 5.56 Å². The minimum absolute atomic E-state index is 0.0764. The molecule has 0 aliphatic carbocycles. The molecule has 10 heteroatoms. The van der Waals surface area contributed by atoms with Crippen LogP contribution in [0.3, 0.4) is 0 Å². The van der Waals surface area contributed by atoms with Crippen molar-refractivity contribution < 1.29 is 32.6 Å². The van der Waals surface area contributed by atoms with Crippen molar-refractivity contribution in [1.29, 1.82) is 0 Å². The lowest BCUT2D eigenvalue weighted by atomic mass is 10.1. The van der Waals surface area contributed by atoms with Gasteiger partial charge in [-0.1, -0.05) is 30.3 Å². The van der Waals surface area contributed by atoms with Crippen molar-refractivity contribution in [1.82, 2.24) is 5.32 Å². The van der Waals surface area contributed by atoms with Crippen LogP contribution in [0.2, 0.25) is 0 Å². The molecular formula is C24H14F2N2O5S. The zero-order chi connectivity index (χ0) is 23.9. The quantitative estimate of drug-likeness (QED) is 0.333. The number of nitrogens with zero attached hydrogens (tertiary/aromatic N) is 1. The zero-order valence-electron chi connectivity index (χ0n) is 17.2. The second kappa shape index (κ2) is 8.23. The number of anilines is 1. The maximum absolute atomic E-state index is 13.5. The smallest absolute Gasteiger partial charge is 0.457 e. The highest BCUT2D eigenvalue weighted by Gasteiger charge is 2.44. The van der Waals surface area contributed by atoms with Gasteiger partial charge in [0.15, 0.2) is 16.6 Å². The molecule has 0 aromatic heterocycles. The van der Waals surface area contributed by atoms with Gasteiger partial charge in [0.25, 0.3) is 11.8 Å². The number of thiocarbonyl (C=S) groups is 1. The highest BCUT2D eigenvalue weighted by molar-refractivity contribution is 7.80. The van der Waals surface area contributed by atoms with E-state index in [1.54, 1.807) is 36.4 Å². The fourth-order valence-electron chi connectivity index (χ4n) is 3.44. The van der Waals surface area contributed by atoms with Crippen LogP contribution in [0.25, 0.3) is 6.08 Å². The molecule has 2 heterocycles. The van der Waals surface area contributed by atoms with Crippen molar-refractivity contribution in [2.24, 2.45) is 0 Å². The van der Waals surface area contributed by atoms with E-state index >= 15 is 0 Å². The molecule has 0 saturated carbocycles. The van der Waals surface area contributed by atoms with Gasteiger partial charge in [-0.05, 0) is 60.8 Å². The molecule has 0 spiro atoms. The molecule has 0 bridgehead atoms. The van der Waals surface area contributed by atoms with Crippen molar-refractivity contribution in [3.63, 3.8) is 0 Å². The molecule has 34 heavy (non-hydrogen) atoms. The molecule has 5 rings (SSSR count). The van der Waals surface area contributed by atoms with Crippen molar-refractivity contribution in [3.05, 3.63) is 83.9 Å². The van der Waals surface area contributed by atoms with Crippen molar-refractivity contribution in [2.45, 2.75) is 6.29 Å². The summed E-state index contributed by atoms with van der Waals surface area (Å²) >= 11 is 5.20. The van der Waals surface area contributed by atoms with Crippen LogP contribution in [0.5, 0.6) is 23.0 Å². The first-order valence-electron chi connectivity index (χ1n) is 9.94. The molecule has 3 aromatic rings. The van der Waals surface area contributed by atoms with E-state index in [2.05, 4.69) is 14.8 Å². The number of amides is 2. The molecule has 170 valence electrons. The van der Waals surface area contributed by atoms with Crippen molar-refractivity contribution in [3.8, 4) is 23.0 Å². The zero-order valence-corrected chi connectivity index (χ0v) is 18.0. The maximum atomic E-state index is 13.5. The first-order chi connectivity index (χ1) is 16.3. The first-order valence-corrected chi connectivity index (χ1v) is 10.3. The molecular weight excluding hydrogens is 466 g/mol. The summed E-state index contributed by atoms with van der Waals surface area (Å²) in [5, 5.41) is 2.33. The summed E-state index contributed by atoms with van der Waals surface area (Å²) in [4.78, 5) is 26.9. The van der Waals surface area contributed by atoms with E-state index in [0.717, 1.165) is 11.0 Å². The van der Waals surface area contributed by atoms with Gasteiger partial charge in [-0.15, -0.1) is 8.78 Å². The van der Waals surface area contributed by atoms with E-state index in [0.29, 0.717) is 17.2 Å². The molecule has 1 N–H and O–H groups in total. The monoisotopic (exact) mass is 480 g/mol. The lowest BCUT2D eigenvalue weighted by Gasteiger charge is -2.29. The number of fused-ring (bicyclic) bond motifs is 1. The molecule has 0 atom stereocenters. The van der Waals surface area contributed by atoms with Crippen LogP contribution in [0.4, 0.5) is 14.5 Å². The number of halogens is 2. The second-order valence-electron chi connectivity index (χ2n) is 7.21. The summed E-state index contributed by atoms with van der Waals surface area (Å²) < 4.78 is 41.7. The summed E-state index contributed by atoms with van der Waals surface area (Å²) in [6.07, 6.45) is -2.68. The topological polar surface area (TPSA) is 77.1 Å². The number of carbonyl (C=O) groups is 2. The molecule has 1 saturated heterocycles. The lowest BCUT2D eigenvalue weighted by Crippen LogP contribution is -2.54. The van der Waals surface area contributed by atoms with Crippen LogP contribution in [0.1, 0.15) is 5.56 Å². The Morgan fingerprint density at radius 2 is 1.62 bits per heavy atom. The molecule has 2 aliphatic rings. The third kappa shape index (κ3) is 4.06. The Morgan fingerprint density at radius 1 is 0.912 bits per heavy atom. The summed E-state index contributed by atoms with van der Waals surface area (Å²) in [6, 6.07) is 19.8. The van der Waals surface area contributed by atoms with Crippen LogP contribution >= 0.6 is 12.2 Å². The first kappa shape index (κ1) is 21.5. The highest BCUT2D eigenvalue weighted by Crippen LogP contribution is 2.44. The number of hydrogen-bond acceptors (Lipinski definition) is 6. The van der Waals surface area contributed by atoms with Gasteiger partial charge in [-0.25, -0.2) is 0 Å². The molecule has 7 nitrogen and oxygen atoms in total. The number of alkyl halides is 2. The lowest BCUT2D eigenvalue weighted by molar-refractivity contribution is -0.286. The SMILES string of the molecule is O=C1NC(=S)N(c2ccc(Oc3ccccc3)cc2)C(=O)/C1=C/c1cccc2c1OC(F)(F)O2. The van der Waals surface area contributed by atoms with Crippen LogP contribution < -0.4 is 24.4 Å². The Bertz CT molecular complexity index is 1340. The fraction of sp³-hybridized carbons (Fsp3) is 0.0417. The van der Waals surface area contributed by atoms with Crippen molar-refractivity contribution in [2.75, 3.05) is 4.90 Å². The van der Waals surface area contributed by atoms with Gasteiger partial charge >= 0.3 is 6.29 Å². The molecule has 0 radical (unpaired) electrons. The summed E-state index contributed by atoms with van der Waals surface area (Å²) in [6.45, 7) is 0. The number of benzene rings is 3. The Balaban J connectivity index is 1.44. The van der Waals surface area contributed by atoms with E-state index in [1.807, 2.05) is 18.2 Å². The van der Waals surface area contributed by atoms with Crippen LogP contribution in [0.15, 0.2) is 78.4 Å². The van der Waals surface area contributed by atoms with Crippen LogP contribution in [-0.2, 0) is 9.59 Å². The molecule has 2 amide bonds. The largest absolute Gasteiger partial charge is 0.586 e. The van der Waals surface area contributed by atoms with Crippen LogP contribution in [-0.4, -0.2) is 23.2 Å². The normalized spacial score (nSPS) is 17.6. The van der Waals surface area contributed by atoms with Crippen molar-refractivity contribution >= 4 is 40.9 Å². The van der Waals surface area contributed by atoms with E-state index in [-0.39, 0.29) is 27.7 Å². The van der Waals surface area contributed by atoms with Gasteiger partial charge in [-0.3, -0.25) is 19.8 Å². The van der Waals surface area contributed by atoms with E-state index in [1.165, 1.54) is 18.2 Å². The van der Waals surface area contributed by atoms with Gasteiger partial charge in [-0.2, -0.15) is 0 Å². The number of carbonyl (C=O) groups excluding carboxylic acids is 2. The summed E-state index contributed by atoms with van der Waals surface area (Å²) in [5.41, 5.74) is 0.142. The highest BCUT2D eigenvalue weighted by atomic mass is 32.1. The van der Waals surface area contributed by atoms with Gasteiger partial charge in [0.1, 0.15) is 17.1 Å². The van der Waals surface area contributed by atoms with E-state index in [4.69, 9.17) is 17.0 Å². The maximum Gasteiger partial charge on any atom is 0.586 e. The van der Waals surface area contributed by atoms with Gasteiger partial charge in [0.05, 0.1) is 5.69 Å². The number of ether oxygens (including phenoxy) is 3. The number of nitrogens with one attached hydrogen (secondary N) is 1. The minimum Gasteiger partial charge on any atom is -0.457 e. The fourth-order valence-corrected chi connectivity index (χ4v) is 3.72. The second-order valence-corrected chi connectivity index (χ2v) is 7.60. The molecule has 0 unspecified atom stereocenters. The summed E-state index contributed by atoms with van der Waals surface area (Å²) in [5.74, 6) is -0.799. The molecule has 2 aliphatic heterocycles. The standard InChI is InChI=1S/C24H14F2N2O5S/c25-24(26)32-19-8-4-5-14(20(19)33-24)13-18-21(29)27-23(34)28(22(18)30)15-9-11-17(12-10-15)31-16-6-2-1-3-7-16/h1-13H,(H,27,29,34)/b18-13+. The average molecular weight is 480 g/mol. The Labute approximate surface area is 197 Å². The Kier molecular flexibility index (Phi) is 5.21. The summed E-state index contributed by atoms with van der Waals surface area (Å²) in [7, 11) is 0. The van der Waals surface area contributed by atoms with E-state index in [9.17, 15) is 18.4 Å². The Morgan fingerprint density at radius 3 is 2.35 bits per heavy atom. The third-order valence-electron chi connectivity index (χ3n) is 4.93.